The van der Waals surface area contributed by atoms with E-state index in [0.717, 1.165) is 11.1 Å². The van der Waals surface area contributed by atoms with Crippen LogP contribution in [0.15, 0.2) is 30.4 Å². The van der Waals surface area contributed by atoms with Gasteiger partial charge in [-0.25, -0.2) is 0 Å². The molecule has 0 unspecified atom stereocenters. The minimum atomic E-state index is -0.312. The lowest BCUT2D eigenvalue weighted by Crippen LogP contribution is -2.48. The third-order valence-electron chi connectivity index (χ3n) is 2.71. The van der Waals surface area contributed by atoms with Gasteiger partial charge in [0.1, 0.15) is 5.75 Å². The van der Waals surface area contributed by atoms with Crippen LogP contribution in [0.4, 0.5) is 0 Å². The zero-order chi connectivity index (χ0) is 15.8. The lowest BCUT2D eigenvalue weighted by molar-refractivity contribution is -0.123. The quantitative estimate of drug-likeness (QED) is 0.439. The molecule has 0 saturated heterocycles. The van der Waals surface area contributed by atoms with Crippen LogP contribution < -0.4 is 20.9 Å². The summed E-state index contributed by atoms with van der Waals surface area (Å²) in [7, 11) is 0. The molecule has 0 aliphatic carbocycles. The summed E-state index contributed by atoms with van der Waals surface area (Å²) in [5.41, 5.74) is 8.30. The van der Waals surface area contributed by atoms with Crippen molar-refractivity contribution in [3.05, 3.63) is 41.5 Å². The molecule has 0 radical (unpaired) electrons. The number of carbonyl (C=O) groups excluding carboxylic acids is 1. The fourth-order valence-corrected chi connectivity index (χ4v) is 1.51. The molecular weight excluding hydrogens is 286 g/mol. The number of thiocarbonyl (C=S) groups is 1. The first-order valence-corrected chi connectivity index (χ1v) is 6.96. The highest BCUT2D eigenvalue weighted by atomic mass is 32.1. The van der Waals surface area contributed by atoms with Gasteiger partial charge in [0.25, 0.3) is 5.91 Å². The second kappa shape index (κ2) is 8.26. The Kier molecular flexibility index (Phi) is 6.68. The summed E-state index contributed by atoms with van der Waals surface area (Å²) in [4.78, 5) is 11.6. The van der Waals surface area contributed by atoms with Crippen molar-refractivity contribution in [2.45, 2.75) is 20.8 Å². The molecule has 0 saturated carbocycles. The summed E-state index contributed by atoms with van der Waals surface area (Å²) in [5, 5.41) is 3.22. The van der Waals surface area contributed by atoms with E-state index in [0.29, 0.717) is 17.4 Å². The number of ether oxygens (including phenoxy) is 1. The number of hydrogen-bond acceptors (Lipinski definition) is 3. The molecule has 5 nitrogen and oxygen atoms in total. The van der Waals surface area contributed by atoms with Crippen molar-refractivity contribution in [2.75, 3.05) is 13.2 Å². The summed E-state index contributed by atoms with van der Waals surface area (Å²) in [6.07, 6.45) is 0. The molecule has 0 atom stereocenters. The van der Waals surface area contributed by atoms with Gasteiger partial charge in [0.15, 0.2) is 11.7 Å². The first-order chi connectivity index (χ1) is 9.88. The number of rotatable bonds is 5. The Balaban J connectivity index is 2.29. The monoisotopic (exact) mass is 307 g/mol. The highest BCUT2D eigenvalue weighted by molar-refractivity contribution is 7.80. The van der Waals surface area contributed by atoms with E-state index in [1.54, 1.807) is 0 Å². The third kappa shape index (κ3) is 6.76. The summed E-state index contributed by atoms with van der Waals surface area (Å²) >= 11 is 4.98. The number of benzene rings is 1. The van der Waals surface area contributed by atoms with Crippen LogP contribution in [-0.2, 0) is 4.79 Å². The summed E-state index contributed by atoms with van der Waals surface area (Å²) in [6.45, 7) is 10.1. The van der Waals surface area contributed by atoms with Gasteiger partial charge in [-0.05, 0) is 56.2 Å². The minimum absolute atomic E-state index is 0.0847. The third-order valence-corrected chi connectivity index (χ3v) is 2.96. The van der Waals surface area contributed by atoms with E-state index in [4.69, 9.17) is 17.0 Å². The van der Waals surface area contributed by atoms with Crippen LogP contribution in [0.1, 0.15) is 18.1 Å². The van der Waals surface area contributed by atoms with E-state index in [1.165, 1.54) is 5.56 Å². The lowest BCUT2D eigenvalue weighted by atomic mass is 10.1. The van der Waals surface area contributed by atoms with Crippen molar-refractivity contribution in [2.24, 2.45) is 0 Å². The van der Waals surface area contributed by atoms with Gasteiger partial charge < -0.3 is 10.1 Å². The SMILES string of the molecule is C=C(C)CNC(=S)NNC(=O)COc1ccc(C)c(C)c1. The first-order valence-electron chi connectivity index (χ1n) is 6.55. The summed E-state index contributed by atoms with van der Waals surface area (Å²) < 4.78 is 5.40. The van der Waals surface area contributed by atoms with Crippen molar-refractivity contribution in [3.63, 3.8) is 0 Å². The smallest absolute Gasteiger partial charge is 0.276 e. The molecule has 21 heavy (non-hydrogen) atoms. The van der Waals surface area contributed by atoms with E-state index in [1.807, 2.05) is 39.0 Å². The molecule has 1 aromatic carbocycles. The largest absolute Gasteiger partial charge is 0.484 e. The van der Waals surface area contributed by atoms with Crippen molar-refractivity contribution in [1.29, 1.82) is 0 Å². The van der Waals surface area contributed by atoms with E-state index in [9.17, 15) is 4.79 Å². The maximum atomic E-state index is 11.6. The van der Waals surface area contributed by atoms with Crippen molar-refractivity contribution < 1.29 is 9.53 Å². The van der Waals surface area contributed by atoms with Crippen LogP contribution in [0.3, 0.4) is 0 Å². The second-order valence-corrected chi connectivity index (χ2v) is 5.26. The fourth-order valence-electron chi connectivity index (χ4n) is 1.39. The predicted molar refractivity (Wildman–Crippen MR) is 88.1 cm³/mol. The molecular formula is C15H21N3O2S. The van der Waals surface area contributed by atoms with Gasteiger partial charge in [-0.2, -0.15) is 0 Å². The Labute approximate surface area is 130 Å². The molecule has 0 aliphatic heterocycles. The molecule has 0 spiro atoms. The van der Waals surface area contributed by atoms with Gasteiger partial charge in [-0.3, -0.25) is 15.6 Å². The van der Waals surface area contributed by atoms with Crippen LogP contribution in [0.25, 0.3) is 0 Å². The van der Waals surface area contributed by atoms with Gasteiger partial charge in [0, 0.05) is 6.54 Å². The Hall–Kier alpha value is -2.08. The molecule has 0 bridgehead atoms. The van der Waals surface area contributed by atoms with Gasteiger partial charge in [-0.1, -0.05) is 18.2 Å². The fraction of sp³-hybridized carbons (Fsp3) is 0.333. The predicted octanol–water partition coefficient (Wildman–Crippen LogP) is 1.75. The molecule has 0 aromatic heterocycles. The van der Waals surface area contributed by atoms with Crippen LogP contribution in [0.5, 0.6) is 5.75 Å². The molecule has 0 aliphatic rings. The Morgan fingerprint density at radius 2 is 2.00 bits per heavy atom. The van der Waals surface area contributed by atoms with Crippen LogP contribution in [-0.4, -0.2) is 24.2 Å². The van der Waals surface area contributed by atoms with E-state index in [2.05, 4.69) is 22.7 Å². The molecule has 1 aromatic rings. The molecule has 114 valence electrons. The Morgan fingerprint density at radius 1 is 1.29 bits per heavy atom. The van der Waals surface area contributed by atoms with Gasteiger partial charge >= 0.3 is 0 Å². The summed E-state index contributed by atoms with van der Waals surface area (Å²) in [5.74, 6) is 0.351. The number of aryl methyl sites for hydroxylation is 2. The average molecular weight is 307 g/mol. The zero-order valence-corrected chi connectivity index (χ0v) is 13.4. The van der Waals surface area contributed by atoms with Crippen LogP contribution in [0, 0.1) is 13.8 Å². The molecule has 0 fully saturated rings. The Morgan fingerprint density at radius 3 is 2.62 bits per heavy atom. The molecule has 6 heteroatoms. The Bertz CT molecular complexity index is 544. The minimum Gasteiger partial charge on any atom is -0.484 e. The van der Waals surface area contributed by atoms with E-state index < -0.39 is 0 Å². The van der Waals surface area contributed by atoms with Crippen molar-refractivity contribution >= 4 is 23.2 Å². The van der Waals surface area contributed by atoms with E-state index in [-0.39, 0.29) is 12.5 Å². The lowest BCUT2D eigenvalue weighted by Gasteiger charge is -2.12. The topological polar surface area (TPSA) is 62.4 Å². The number of hydrogen-bond donors (Lipinski definition) is 3. The maximum Gasteiger partial charge on any atom is 0.276 e. The van der Waals surface area contributed by atoms with E-state index >= 15 is 0 Å². The average Bonchev–Trinajstić information content (AvgIpc) is 2.44. The van der Waals surface area contributed by atoms with Crippen LogP contribution in [0.2, 0.25) is 0 Å². The highest BCUT2D eigenvalue weighted by Crippen LogP contribution is 2.15. The second-order valence-electron chi connectivity index (χ2n) is 4.85. The van der Waals surface area contributed by atoms with Gasteiger partial charge in [0.05, 0.1) is 0 Å². The van der Waals surface area contributed by atoms with Gasteiger partial charge in [0.2, 0.25) is 0 Å². The zero-order valence-electron chi connectivity index (χ0n) is 12.6. The number of amides is 1. The maximum absolute atomic E-state index is 11.6. The van der Waals surface area contributed by atoms with Crippen LogP contribution >= 0.6 is 12.2 Å². The molecule has 0 heterocycles. The first kappa shape index (κ1) is 17.0. The summed E-state index contributed by atoms with van der Waals surface area (Å²) in [6, 6.07) is 5.69. The van der Waals surface area contributed by atoms with Crippen molar-refractivity contribution in [3.8, 4) is 5.75 Å². The normalized spacial score (nSPS) is 9.67. The highest BCUT2D eigenvalue weighted by Gasteiger charge is 2.04. The standard InChI is InChI=1S/C15H21N3O2S/c1-10(2)8-16-15(21)18-17-14(19)9-20-13-6-5-11(3)12(4)7-13/h5-7H,1,8-9H2,2-4H3,(H,17,19)(H2,16,18,21). The van der Waals surface area contributed by atoms with Gasteiger partial charge in [-0.15, -0.1) is 0 Å². The van der Waals surface area contributed by atoms with Crippen molar-refractivity contribution in [1.82, 2.24) is 16.2 Å². The number of carbonyl (C=O) groups is 1. The molecule has 3 N–H and O–H groups in total. The molecule has 1 amide bonds. The molecule has 1 rings (SSSR count). The number of nitrogens with one attached hydrogen (secondary N) is 3. The number of hydrazine groups is 1.